The summed E-state index contributed by atoms with van der Waals surface area (Å²) in [4.78, 5) is 12.4. The average molecular weight is 302 g/mol. The summed E-state index contributed by atoms with van der Waals surface area (Å²) < 4.78 is 0. The van der Waals surface area contributed by atoms with Crippen molar-refractivity contribution in [2.45, 2.75) is 26.3 Å². The van der Waals surface area contributed by atoms with Crippen molar-refractivity contribution in [2.24, 2.45) is 5.92 Å². The third-order valence-corrected chi connectivity index (χ3v) is 3.54. The molecular weight excluding hydrogens is 282 g/mol. The molecule has 0 heterocycles. The van der Waals surface area contributed by atoms with Crippen LogP contribution in [0, 0.1) is 5.92 Å². The predicted octanol–water partition coefficient (Wildman–Crippen LogP) is 4.86. The van der Waals surface area contributed by atoms with E-state index in [2.05, 4.69) is 19.2 Å². The van der Waals surface area contributed by atoms with Gasteiger partial charge < -0.3 is 5.32 Å². The summed E-state index contributed by atoms with van der Waals surface area (Å²) in [6.45, 7) is 4.31. The van der Waals surface area contributed by atoms with E-state index in [1.54, 1.807) is 24.3 Å². The molecule has 1 amide bonds. The van der Waals surface area contributed by atoms with Crippen LogP contribution in [0.3, 0.4) is 0 Å². The van der Waals surface area contributed by atoms with Crippen LogP contribution in [0.25, 0.3) is 0 Å². The van der Waals surface area contributed by atoms with Gasteiger partial charge in [-0.05, 0) is 36.1 Å². The summed E-state index contributed by atoms with van der Waals surface area (Å²) in [6, 6.07) is 17.1. The van der Waals surface area contributed by atoms with Gasteiger partial charge in [-0.3, -0.25) is 4.79 Å². The van der Waals surface area contributed by atoms with Crippen molar-refractivity contribution in [1.82, 2.24) is 5.32 Å². The fraction of sp³-hybridized carbons (Fsp3) is 0.278. The number of rotatable bonds is 5. The zero-order valence-electron chi connectivity index (χ0n) is 12.3. The minimum Gasteiger partial charge on any atom is -0.345 e. The quantitative estimate of drug-likeness (QED) is 0.839. The van der Waals surface area contributed by atoms with Crippen molar-refractivity contribution in [3.8, 4) is 0 Å². The fourth-order valence-corrected chi connectivity index (χ4v) is 2.50. The highest BCUT2D eigenvalue weighted by atomic mass is 35.5. The highest BCUT2D eigenvalue weighted by molar-refractivity contribution is 6.30. The highest BCUT2D eigenvalue weighted by Crippen LogP contribution is 2.22. The molecule has 3 heteroatoms. The summed E-state index contributed by atoms with van der Waals surface area (Å²) in [5.74, 6) is 0.405. The molecule has 0 aliphatic heterocycles. The lowest BCUT2D eigenvalue weighted by atomic mass is 9.96. The molecule has 2 nitrogen and oxygen atoms in total. The molecule has 0 saturated carbocycles. The molecule has 0 aliphatic rings. The Balaban J connectivity index is 2.17. The Bertz CT molecular complexity index is 595. The van der Waals surface area contributed by atoms with Gasteiger partial charge in [0.15, 0.2) is 0 Å². The Labute approximate surface area is 131 Å². The first kappa shape index (κ1) is 15.6. The first-order valence-electron chi connectivity index (χ1n) is 7.17. The minimum absolute atomic E-state index is 0.0117. The lowest BCUT2D eigenvalue weighted by Crippen LogP contribution is -2.29. The molecule has 2 aromatic carbocycles. The van der Waals surface area contributed by atoms with Crippen LogP contribution in [0.15, 0.2) is 54.6 Å². The van der Waals surface area contributed by atoms with Gasteiger partial charge in [-0.2, -0.15) is 0 Å². The summed E-state index contributed by atoms with van der Waals surface area (Å²) >= 11 is 5.95. The van der Waals surface area contributed by atoms with E-state index in [1.165, 1.54) is 0 Å². The van der Waals surface area contributed by atoms with Gasteiger partial charge in [-0.25, -0.2) is 0 Å². The minimum atomic E-state index is -0.0907. The molecule has 2 rings (SSSR count). The third kappa shape index (κ3) is 4.61. The normalized spacial score (nSPS) is 12.2. The Morgan fingerprint density at radius 1 is 1.10 bits per heavy atom. The largest absolute Gasteiger partial charge is 0.345 e. The van der Waals surface area contributed by atoms with Crippen molar-refractivity contribution < 1.29 is 4.79 Å². The predicted molar refractivity (Wildman–Crippen MR) is 87.6 cm³/mol. The summed E-state index contributed by atoms with van der Waals surface area (Å²) in [7, 11) is 0. The average Bonchev–Trinajstić information content (AvgIpc) is 2.47. The van der Waals surface area contributed by atoms with Crippen molar-refractivity contribution >= 4 is 17.5 Å². The van der Waals surface area contributed by atoms with Crippen LogP contribution < -0.4 is 5.32 Å². The second-order valence-electron chi connectivity index (χ2n) is 5.58. The zero-order valence-corrected chi connectivity index (χ0v) is 13.1. The Hall–Kier alpha value is -1.80. The lowest BCUT2D eigenvalue weighted by molar-refractivity contribution is 0.0932. The monoisotopic (exact) mass is 301 g/mol. The molecule has 0 spiro atoms. The molecule has 110 valence electrons. The van der Waals surface area contributed by atoms with Gasteiger partial charge in [0.05, 0.1) is 6.04 Å². The van der Waals surface area contributed by atoms with E-state index in [4.69, 9.17) is 11.6 Å². The van der Waals surface area contributed by atoms with Crippen LogP contribution in [0.2, 0.25) is 5.02 Å². The second-order valence-corrected chi connectivity index (χ2v) is 6.01. The molecule has 0 unspecified atom stereocenters. The van der Waals surface area contributed by atoms with Gasteiger partial charge in [0.25, 0.3) is 5.91 Å². The van der Waals surface area contributed by atoms with Crippen LogP contribution in [-0.4, -0.2) is 5.91 Å². The first-order valence-corrected chi connectivity index (χ1v) is 7.55. The standard InChI is InChI=1S/C18H20ClNO/c1-13(2)11-17(14-7-4-3-5-8-14)20-18(21)15-9-6-10-16(19)12-15/h3-10,12-13,17H,11H2,1-2H3,(H,20,21)/t17-/m0/s1. The molecule has 1 N–H and O–H groups in total. The Kier molecular flexibility index (Phi) is 5.40. The number of hydrogen-bond donors (Lipinski definition) is 1. The maximum atomic E-state index is 12.4. The molecule has 0 aromatic heterocycles. The van der Waals surface area contributed by atoms with Gasteiger partial charge in [0.1, 0.15) is 0 Å². The number of carbonyl (C=O) groups is 1. The molecule has 0 fully saturated rings. The molecule has 1 atom stereocenters. The summed E-state index contributed by atoms with van der Waals surface area (Å²) in [5, 5.41) is 3.68. The van der Waals surface area contributed by atoms with E-state index in [1.807, 2.05) is 30.3 Å². The number of halogens is 1. The smallest absolute Gasteiger partial charge is 0.251 e. The van der Waals surface area contributed by atoms with E-state index in [0.29, 0.717) is 16.5 Å². The maximum absolute atomic E-state index is 12.4. The van der Waals surface area contributed by atoms with Gasteiger partial charge in [0, 0.05) is 10.6 Å². The molecule has 0 bridgehead atoms. The zero-order chi connectivity index (χ0) is 15.2. The van der Waals surface area contributed by atoms with E-state index in [-0.39, 0.29) is 11.9 Å². The molecular formula is C18H20ClNO. The second kappa shape index (κ2) is 7.28. The molecule has 2 aromatic rings. The van der Waals surface area contributed by atoms with Gasteiger partial charge in [0.2, 0.25) is 0 Å². The Morgan fingerprint density at radius 2 is 1.81 bits per heavy atom. The third-order valence-electron chi connectivity index (χ3n) is 3.30. The highest BCUT2D eigenvalue weighted by Gasteiger charge is 2.17. The number of benzene rings is 2. The summed E-state index contributed by atoms with van der Waals surface area (Å²) in [6.07, 6.45) is 0.899. The maximum Gasteiger partial charge on any atom is 0.251 e. The van der Waals surface area contributed by atoms with Crippen LogP contribution in [0.5, 0.6) is 0 Å². The van der Waals surface area contributed by atoms with E-state index in [0.717, 1.165) is 12.0 Å². The molecule has 0 saturated heterocycles. The van der Waals surface area contributed by atoms with Gasteiger partial charge in [-0.15, -0.1) is 0 Å². The Morgan fingerprint density at radius 3 is 2.43 bits per heavy atom. The van der Waals surface area contributed by atoms with Gasteiger partial charge in [-0.1, -0.05) is 61.8 Å². The first-order chi connectivity index (χ1) is 10.1. The van der Waals surface area contributed by atoms with E-state index < -0.39 is 0 Å². The van der Waals surface area contributed by atoms with Crippen molar-refractivity contribution in [3.63, 3.8) is 0 Å². The van der Waals surface area contributed by atoms with E-state index in [9.17, 15) is 4.79 Å². The van der Waals surface area contributed by atoms with Crippen molar-refractivity contribution in [2.75, 3.05) is 0 Å². The number of hydrogen-bond acceptors (Lipinski definition) is 1. The van der Waals surface area contributed by atoms with Crippen LogP contribution >= 0.6 is 11.6 Å². The van der Waals surface area contributed by atoms with Crippen LogP contribution in [-0.2, 0) is 0 Å². The van der Waals surface area contributed by atoms with Crippen LogP contribution in [0.1, 0.15) is 42.2 Å². The SMILES string of the molecule is CC(C)C[C@H](NC(=O)c1cccc(Cl)c1)c1ccccc1. The van der Waals surface area contributed by atoms with Crippen molar-refractivity contribution in [3.05, 3.63) is 70.7 Å². The van der Waals surface area contributed by atoms with Crippen molar-refractivity contribution in [1.29, 1.82) is 0 Å². The molecule has 0 radical (unpaired) electrons. The number of carbonyl (C=O) groups excluding carboxylic acids is 1. The summed E-state index contributed by atoms with van der Waals surface area (Å²) in [5.41, 5.74) is 1.72. The lowest BCUT2D eigenvalue weighted by Gasteiger charge is -2.21. The molecule has 0 aliphatic carbocycles. The fourth-order valence-electron chi connectivity index (χ4n) is 2.31. The molecule has 21 heavy (non-hydrogen) atoms. The van der Waals surface area contributed by atoms with E-state index >= 15 is 0 Å². The number of nitrogens with one attached hydrogen (secondary N) is 1. The number of amides is 1. The topological polar surface area (TPSA) is 29.1 Å². The van der Waals surface area contributed by atoms with Crippen LogP contribution in [0.4, 0.5) is 0 Å². The van der Waals surface area contributed by atoms with Gasteiger partial charge >= 0.3 is 0 Å².